The third-order valence-electron chi connectivity index (χ3n) is 3.45. The van der Waals surface area contributed by atoms with Crippen molar-refractivity contribution in [2.75, 3.05) is 6.61 Å². The van der Waals surface area contributed by atoms with Gasteiger partial charge in [-0.15, -0.1) is 0 Å². The van der Waals surface area contributed by atoms with E-state index in [-0.39, 0.29) is 12.5 Å². The lowest BCUT2D eigenvalue weighted by Crippen LogP contribution is -2.50. The van der Waals surface area contributed by atoms with Crippen LogP contribution in [0, 0.1) is 23.3 Å². The number of hydrogen-bond donors (Lipinski definition) is 3. The van der Waals surface area contributed by atoms with Crippen LogP contribution in [0.2, 0.25) is 0 Å². The van der Waals surface area contributed by atoms with E-state index in [4.69, 9.17) is 10.8 Å². The van der Waals surface area contributed by atoms with Crippen LogP contribution in [0.4, 0.5) is 22.0 Å². The topological polar surface area (TPSA) is 66.5 Å². The molecule has 4 N–H and O–H groups in total. The molecule has 2 unspecified atom stereocenters. The molecule has 0 heterocycles. The standard InChI is InChI=1S/C14H12F5NO2/c15-7-4-10(22)14(20,1-2-21)5-6(7)11-8(16)3-9(17)12(18)13(11)19/h3-5,10,21-22H,1-2,20H2. The third kappa shape index (κ3) is 2.65. The molecule has 0 radical (unpaired) electrons. The van der Waals surface area contributed by atoms with E-state index in [9.17, 15) is 27.1 Å². The lowest BCUT2D eigenvalue weighted by atomic mass is 9.81. The molecule has 0 spiro atoms. The van der Waals surface area contributed by atoms with Crippen molar-refractivity contribution in [3.8, 4) is 0 Å². The van der Waals surface area contributed by atoms with Crippen LogP contribution in [0.3, 0.4) is 0 Å². The predicted molar refractivity (Wildman–Crippen MR) is 68.1 cm³/mol. The number of benzene rings is 1. The summed E-state index contributed by atoms with van der Waals surface area (Å²) in [7, 11) is 0. The zero-order chi connectivity index (χ0) is 16.7. The largest absolute Gasteiger partial charge is 0.396 e. The summed E-state index contributed by atoms with van der Waals surface area (Å²) in [4.78, 5) is 0. The van der Waals surface area contributed by atoms with Crippen LogP contribution >= 0.6 is 0 Å². The molecular weight excluding hydrogens is 309 g/mol. The molecule has 3 nitrogen and oxygen atoms in total. The average molecular weight is 321 g/mol. The van der Waals surface area contributed by atoms with Crippen molar-refractivity contribution in [2.45, 2.75) is 18.1 Å². The first-order chi connectivity index (χ1) is 10.2. The Bertz CT molecular complexity index is 674. The minimum Gasteiger partial charge on any atom is -0.396 e. The SMILES string of the molecule is NC1(CCO)C=C(c2c(F)cc(F)c(F)c2F)C(F)=CC1O. The highest BCUT2D eigenvalue weighted by Gasteiger charge is 2.37. The second kappa shape index (κ2) is 5.79. The normalized spacial score (nSPS) is 25.0. The van der Waals surface area contributed by atoms with Crippen molar-refractivity contribution in [1.82, 2.24) is 0 Å². The lowest BCUT2D eigenvalue weighted by Gasteiger charge is -2.33. The number of rotatable bonds is 3. The van der Waals surface area contributed by atoms with Gasteiger partial charge < -0.3 is 15.9 Å². The number of aliphatic hydroxyl groups excluding tert-OH is 2. The predicted octanol–water partition coefficient (Wildman–Crippen LogP) is 1.93. The number of aliphatic hydroxyl groups is 2. The molecule has 0 aliphatic heterocycles. The average Bonchev–Trinajstić information content (AvgIpc) is 2.42. The smallest absolute Gasteiger partial charge is 0.195 e. The van der Waals surface area contributed by atoms with E-state index < -0.39 is 58.5 Å². The molecule has 0 saturated carbocycles. The summed E-state index contributed by atoms with van der Waals surface area (Å²) >= 11 is 0. The molecule has 1 aromatic rings. The van der Waals surface area contributed by atoms with E-state index in [1.165, 1.54) is 0 Å². The van der Waals surface area contributed by atoms with Gasteiger partial charge in [-0.25, -0.2) is 22.0 Å². The van der Waals surface area contributed by atoms with Crippen molar-refractivity contribution in [2.24, 2.45) is 5.73 Å². The third-order valence-corrected chi connectivity index (χ3v) is 3.45. The molecule has 1 aromatic carbocycles. The molecule has 0 amide bonds. The highest BCUT2D eigenvalue weighted by Crippen LogP contribution is 2.37. The number of halogens is 5. The molecule has 1 aliphatic rings. The zero-order valence-corrected chi connectivity index (χ0v) is 11.1. The maximum Gasteiger partial charge on any atom is 0.195 e. The van der Waals surface area contributed by atoms with Crippen LogP contribution in [-0.2, 0) is 0 Å². The molecule has 0 bridgehead atoms. The molecule has 8 heteroatoms. The molecule has 1 aliphatic carbocycles. The number of nitrogens with two attached hydrogens (primary N) is 1. The van der Waals surface area contributed by atoms with Crippen molar-refractivity contribution < 1.29 is 32.2 Å². The molecular formula is C14H12F5NO2. The number of hydrogen-bond acceptors (Lipinski definition) is 3. The van der Waals surface area contributed by atoms with E-state index in [1.54, 1.807) is 0 Å². The van der Waals surface area contributed by atoms with Gasteiger partial charge in [0.25, 0.3) is 0 Å². The van der Waals surface area contributed by atoms with E-state index >= 15 is 0 Å². The van der Waals surface area contributed by atoms with Gasteiger partial charge in [0.05, 0.1) is 17.2 Å². The fraction of sp³-hybridized carbons (Fsp3) is 0.286. The molecule has 2 atom stereocenters. The monoisotopic (exact) mass is 321 g/mol. The second-order valence-electron chi connectivity index (χ2n) is 4.95. The molecule has 2 rings (SSSR count). The molecule has 0 fully saturated rings. The Balaban J connectivity index is 2.66. The maximum absolute atomic E-state index is 13.9. The Morgan fingerprint density at radius 3 is 2.32 bits per heavy atom. The van der Waals surface area contributed by atoms with E-state index in [1.807, 2.05) is 0 Å². The Labute approximate surface area is 122 Å². The molecule has 0 aromatic heterocycles. The Hall–Kier alpha value is -1.77. The van der Waals surface area contributed by atoms with Crippen LogP contribution in [0.1, 0.15) is 12.0 Å². The Morgan fingerprint density at radius 1 is 1.09 bits per heavy atom. The van der Waals surface area contributed by atoms with Gasteiger partial charge in [-0.1, -0.05) is 6.08 Å². The first-order valence-corrected chi connectivity index (χ1v) is 6.23. The zero-order valence-electron chi connectivity index (χ0n) is 11.1. The van der Waals surface area contributed by atoms with E-state index in [0.29, 0.717) is 6.08 Å². The first kappa shape index (κ1) is 16.6. The van der Waals surface area contributed by atoms with Crippen molar-refractivity contribution in [3.05, 3.63) is 52.9 Å². The van der Waals surface area contributed by atoms with Gasteiger partial charge in [-0.2, -0.15) is 0 Å². The summed E-state index contributed by atoms with van der Waals surface area (Å²) in [6.45, 7) is -0.491. The van der Waals surface area contributed by atoms with E-state index in [2.05, 4.69) is 0 Å². The van der Waals surface area contributed by atoms with Crippen LogP contribution in [0.5, 0.6) is 0 Å². The second-order valence-corrected chi connectivity index (χ2v) is 4.95. The Morgan fingerprint density at radius 2 is 1.73 bits per heavy atom. The highest BCUT2D eigenvalue weighted by atomic mass is 19.2. The Kier molecular flexibility index (Phi) is 4.37. The molecule has 120 valence electrons. The summed E-state index contributed by atoms with van der Waals surface area (Å²) in [5, 5.41) is 18.6. The number of allylic oxidation sites excluding steroid dienone is 2. The first-order valence-electron chi connectivity index (χ1n) is 6.23. The van der Waals surface area contributed by atoms with Crippen LogP contribution in [-0.4, -0.2) is 28.5 Å². The quantitative estimate of drug-likeness (QED) is 0.453. The van der Waals surface area contributed by atoms with Crippen LogP contribution in [0.25, 0.3) is 5.57 Å². The van der Waals surface area contributed by atoms with Gasteiger partial charge in [-0.3, -0.25) is 0 Å². The molecule has 22 heavy (non-hydrogen) atoms. The van der Waals surface area contributed by atoms with Gasteiger partial charge in [0.1, 0.15) is 11.6 Å². The summed E-state index contributed by atoms with van der Waals surface area (Å²) in [5.41, 5.74) is 2.17. The van der Waals surface area contributed by atoms with Gasteiger partial charge in [0.2, 0.25) is 0 Å². The van der Waals surface area contributed by atoms with Gasteiger partial charge in [0, 0.05) is 18.2 Å². The highest BCUT2D eigenvalue weighted by molar-refractivity contribution is 5.80. The summed E-state index contributed by atoms with van der Waals surface area (Å²) < 4.78 is 67.7. The summed E-state index contributed by atoms with van der Waals surface area (Å²) in [6, 6.07) is 0.0805. The summed E-state index contributed by atoms with van der Waals surface area (Å²) in [6.07, 6.45) is -0.415. The van der Waals surface area contributed by atoms with Crippen molar-refractivity contribution >= 4 is 5.57 Å². The van der Waals surface area contributed by atoms with Crippen molar-refractivity contribution in [3.63, 3.8) is 0 Å². The maximum atomic E-state index is 13.9. The van der Waals surface area contributed by atoms with Crippen molar-refractivity contribution in [1.29, 1.82) is 0 Å². The van der Waals surface area contributed by atoms with Gasteiger partial charge in [0.15, 0.2) is 17.5 Å². The van der Waals surface area contributed by atoms with Gasteiger partial charge >= 0.3 is 0 Å². The lowest BCUT2D eigenvalue weighted by molar-refractivity contribution is 0.126. The fourth-order valence-electron chi connectivity index (χ4n) is 2.22. The fourth-order valence-corrected chi connectivity index (χ4v) is 2.22. The minimum atomic E-state index is -1.96. The summed E-state index contributed by atoms with van der Waals surface area (Å²) in [5.74, 6) is -8.38. The van der Waals surface area contributed by atoms with E-state index in [0.717, 1.165) is 6.08 Å². The van der Waals surface area contributed by atoms with Gasteiger partial charge in [-0.05, 0) is 12.5 Å². The molecule has 0 saturated heterocycles. The minimum absolute atomic E-state index is 0.0805. The van der Waals surface area contributed by atoms with Crippen LogP contribution < -0.4 is 5.73 Å². The van der Waals surface area contributed by atoms with Crippen LogP contribution in [0.15, 0.2) is 24.0 Å².